The molecular weight excluding hydrogens is 246 g/mol. The number of aromatic nitrogens is 1. The summed E-state index contributed by atoms with van der Waals surface area (Å²) < 4.78 is 0. The summed E-state index contributed by atoms with van der Waals surface area (Å²) in [6.45, 7) is 10.5. The Morgan fingerprint density at radius 2 is 2.17 bits per heavy atom. The Balaban J connectivity index is 2.44. The lowest BCUT2D eigenvalue weighted by molar-refractivity contribution is -0.121. The fourth-order valence-electron chi connectivity index (χ4n) is 1.39. The Bertz CT molecular complexity index is 395. The summed E-state index contributed by atoms with van der Waals surface area (Å²) in [5, 5.41) is 7.09. The van der Waals surface area contributed by atoms with Gasteiger partial charge in [0.2, 0.25) is 5.91 Å². The number of hydrogen-bond donors (Lipinski definition) is 2. The van der Waals surface area contributed by atoms with Crippen molar-refractivity contribution in [2.45, 2.75) is 52.6 Å². The van der Waals surface area contributed by atoms with E-state index >= 15 is 0 Å². The van der Waals surface area contributed by atoms with E-state index in [2.05, 4.69) is 22.5 Å². The molecule has 0 aliphatic rings. The zero-order valence-electron chi connectivity index (χ0n) is 11.8. The van der Waals surface area contributed by atoms with Crippen molar-refractivity contribution in [1.29, 1.82) is 0 Å². The van der Waals surface area contributed by atoms with Gasteiger partial charge in [-0.3, -0.25) is 4.79 Å². The van der Waals surface area contributed by atoms with E-state index in [1.165, 1.54) is 4.88 Å². The molecule has 0 saturated heterocycles. The number of nitrogens with one attached hydrogen (secondary N) is 2. The molecule has 0 radical (unpaired) electrons. The Kier molecular flexibility index (Phi) is 5.28. The maximum absolute atomic E-state index is 11.8. The van der Waals surface area contributed by atoms with Crippen molar-refractivity contribution in [2.75, 3.05) is 6.54 Å². The van der Waals surface area contributed by atoms with Crippen molar-refractivity contribution >= 4 is 17.2 Å². The maximum atomic E-state index is 11.8. The molecule has 1 aromatic rings. The Morgan fingerprint density at radius 1 is 1.50 bits per heavy atom. The van der Waals surface area contributed by atoms with Crippen LogP contribution in [0.15, 0.2) is 6.20 Å². The van der Waals surface area contributed by atoms with Crippen LogP contribution in [0.25, 0.3) is 0 Å². The van der Waals surface area contributed by atoms with Crippen LogP contribution in [0.2, 0.25) is 0 Å². The van der Waals surface area contributed by atoms with Crippen LogP contribution in [0.3, 0.4) is 0 Å². The fourth-order valence-corrected chi connectivity index (χ4v) is 2.25. The van der Waals surface area contributed by atoms with Gasteiger partial charge in [0.15, 0.2) is 0 Å². The normalized spacial score (nSPS) is 13.4. The largest absolute Gasteiger partial charge is 0.346 e. The number of amides is 1. The predicted molar refractivity (Wildman–Crippen MR) is 75.8 cm³/mol. The second-order valence-corrected chi connectivity index (χ2v) is 6.56. The topological polar surface area (TPSA) is 54.0 Å². The summed E-state index contributed by atoms with van der Waals surface area (Å²) in [7, 11) is 0. The number of aryl methyl sites for hydroxylation is 1. The third-order valence-electron chi connectivity index (χ3n) is 2.45. The lowest BCUT2D eigenvalue weighted by Gasteiger charge is -2.20. The maximum Gasteiger partial charge on any atom is 0.234 e. The van der Waals surface area contributed by atoms with Crippen LogP contribution >= 0.6 is 11.3 Å². The monoisotopic (exact) mass is 269 g/mol. The van der Waals surface area contributed by atoms with Gasteiger partial charge >= 0.3 is 0 Å². The van der Waals surface area contributed by atoms with Crippen molar-refractivity contribution in [1.82, 2.24) is 15.6 Å². The quantitative estimate of drug-likeness (QED) is 0.862. The SMILES string of the molecule is CCc1cnc(C(C)NC(=O)CNC(C)(C)C)s1. The highest BCUT2D eigenvalue weighted by molar-refractivity contribution is 7.11. The molecule has 1 atom stereocenters. The molecule has 4 nitrogen and oxygen atoms in total. The lowest BCUT2D eigenvalue weighted by atomic mass is 10.1. The first-order valence-electron chi connectivity index (χ1n) is 6.31. The molecular formula is C13H23N3OS. The van der Waals surface area contributed by atoms with Crippen LogP contribution < -0.4 is 10.6 Å². The van der Waals surface area contributed by atoms with E-state index in [9.17, 15) is 4.79 Å². The minimum Gasteiger partial charge on any atom is -0.346 e. The van der Waals surface area contributed by atoms with Crippen LogP contribution in [-0.4, -0.2) is 23.0 Å². The first-order valence-corrected chi connectivity index (χ1v) is 7.12. The third-order valence-corrected chi connectivity index (χ3v) is 3.77. The highest BCUT2D eigenvalue weighted by Crippen LogP contribution is 2.19. The van der Waals surface area contributed by atoms with Gasteiger partial charge in [-0.2, -0.15) is 0 Å². The van der Waals surface area contributed by atoms with Gasteiger partial charge in [0.1, 0.15) is 5.01 Å². The Labute approximate surface area is 113 Å². The summed E-state index contributed by atoms with van der Waals surface area (Å²) in [6, 6.07) is -0.0235. The summed E-state index contributed by atoms with van der Waals surface area (Å²) in [6.07, 6.45) is 2.87. The molecule has 1 heterocycles. The van der Waals surface area contributed by atoms with E-state index in [0.717, 1.165) is 11.4 Å². The molecule has 0 bridgehead atoms. The number of carbonyl (C=O) groups is 1. The first kappa shape index (κ1) is 15.1. The minimum absolute atomic E-state index is 0.00525. The van der Waals surface area contributed by atoms with Crippen LogP contribution in [-0.2, 0) is 11.2 Å². The number of thiazole rings is 1. The van der Waals surface area contributed by atoms with Crippen LogP contribution in [0.1, 0.15) is 50.5 Å². The standard InChI is InChI=1S/C13H23N3OS/c1-6-10-7-14-12(18-10)9(2)16-11(17)8-15-13(3,4)5/h7,9,15H,6,8H2,1-5H3,(H,16,17). The van der Waals surface area contributed by atoms with Gasteiger partial charge in [-0.05, 0) is 34.1 Å². The molecule has 1 rings (SSSR count). The van der Waals surface area contributed by atoms with Gasteiger partial charge in [-0.15, -0.1) is 11.3 Å². The van der Waals surface area contributed by atoms with E-state index in [1.807, 2.05) is 33.9 Å². The zero-order valence-corrected chi connectivity index (χ0v) is 12.6. The minimum atomic E-state index is -0.0445. The van der Waals surface area contributed by atoms with Gasteiger partial charge in [-0.25, -0.2) is 4.98 Å². The fraction of sp³-hybridized carbons (Fsp3) is 0.692. The Hall–Kier alpha value is -0.940. The zero-order chi connectivity index (χ0) is 13.8. The highest BCUT2D eigenvalue weighted by atomic mass is 32.1. The van der Waals surface area contributed by atoms with E-state index in [4.69, 9.17) is 0 Å². The summed E-state index contributed by atoms with van der Waals surface area (Å²) >= 11 is 1.66. The van der Waals surface area contributed by atoms with Crippen LogP contribution in [0.4, 0.5) is 0 Å². The molecule has 18 heavy (non-hydrogen) atoms. The van der Waals surface area contributed by atoms with Crippen molar-refractivity contribution in [2.24, 2.45) is 0 Å². The van der Waals surface area contributed by atoms with E-state index in [-0.39, 0.29) is 17.5 Å². The van der Waals surface area contributed by atoms with E-state index < -0.39 is 0 Å². The van der Waals surface area contributed by atoms with Crippen molar-refractivity contribution in [3.05, 3.63) is 16.1 Å². The first-order chi connectivity index (χ1) is 8.31. The molecule has 5 heteroatoms. The average molecular weight is 269 g/mol. The second-order valence-electron chi connectivity index (χ2n) is 5.41. The van der Waals surface area contributed by atoms with Crippen molar-refractivity contribution < 1.29 is 4.79 Å². The summed E-state index contributed by atoms with van der Waals surface area (Å²) in [4.78, 5) is 17.3. The molecule has 1 amide bonds. The van der Waals surface area contributed by atoms with Crippen LogP contribution in [0.5, 0.6) is 0 Å². The molecule has 0 aliphatic heterocycles. The van der Waals surface area contributed by atoms with Crippen molar-refractivity contribution in [3.8, 4) is 0 Å². The molecule has 0 fully saturated rings. The molecule has 2 N–H and O–H groups in total. The molecule has 0 saturated carbocycles. The van der Waals surface area contributed by atoms with Crippen molar-refractivity contribution in [3.63, 3.8) is 0 Å². The second kappa shape index (κ2) is 6.29. The summed E-state index contributed by atoms with van der Waals surface area (Å²) in [5.74, 6) is 0.00525. The van der Waals surface area contributed by atoms with Gasteiger partial charge in [-0.1, -0.05) is 6.92 Å². The number of hydrogen-bond acceptors (Lipinski definition) is 4. The molecule has 0 spiro atoms. The van der Waals surface area contributed by atoms with Gasteiger partial charge in [0.25, 0.3) is 0 Å². The smallest absolute Gasteiger partial charge is 0.234 e. The highest BCUT2D eigenvalue weighted by Gasteiger charge is 2.15. The van der Waals surface area contributed by atoms with Gasteiger partial charge in [0.05, 0.1) is 12.6 Å². The van der Waals surface area contributed by atoms with E-state index in [1.54, 1.807) is 11.3 Å². The molecule has 0 aliphatic carbocycles. The van der Waals surface area contributed by atoms with E-state index in [0.29, 0.717) is 6.54 Å². The number of rotatable bonds is 5. The third kappa shape index (κ3) is 5.14. The average Bonchev–Trinajstić information content (AvgIpc) is 2.74. The molecule has 0 aromatic carbocycles. The molecule has 102 valence electrons. The van der Waals surface area contributed by atoms with Gasteiger partial charge < -0.3 is 10.6 Å². The number of nitrogens with zero attached hydrogens (tertiary/aromatic N) is 1. The Morgan fingerprint density at radius 3 is 2.67 bits per heavy atom. The number of carbonyl (C=O) groups excluding carboxylic acids is 1. The summed E-state index contributed by atoms with van der Waals surface area (Å²) in [5.41, 5.74) is -0.0445. The predicted octanol–water partition coefficient (Wildman–Crippen LogP) is 2.27. The molecule has 1 aromatic heterocycles. The molecule has 1 unspecified atom stereocenters. The van der Waals surface area contributed by atoms with Gasteiger partial charge in [0, 0.05) is 16.6 Å². The van der Waals surface area contributed by atoms with Crippen LogP contribution in [0, 0.1) is 0 Å². The lowest BCUT2D eigenvalue weighted by Crippen LogP contribution is -2.43.